The fourth-order valence-electron chi connectivity index (χ4n) is 5.04. The van der Waals surface area contributed by atoms with Gasteiger partial charge in [0, 0.05) is 18.3 Å². The largest absolute Gasteiger partial charge is 0.338 e. The number of hydrogen-bond acceptors (Lipinski definition) is 3. The van der Waals surface area contributed by atoms with E-state index in [0.717, 1.165) is 5.82 Å². The van der Waals surface area contributed by atoms with Gasteiger partial charge < -0.3 is 4.90 Å². The summed E-state index contributed by atoms with van der Waals surface area (Å²) in [6, 6.07) is 19.9. The molecule has 0 atom stereocenters. The first-order valence-corrected chi connectivity index (χ1v) is 10.5. The second-order valence-corrected chi connectivity index (χ2v) is 9.28. The molecule has 0 saturated heterocycles. The Morgan fingerprint density at radius 3 is 2.14 bits per heavy atom. The van der Waals surface area contributed by atoms with Gasteiger partial charge in [-0.05, 0) is 71.7 Å². The first-order valence-electron chi connectivity index (χ1n) is 10.5. The molecule has 1 aromatic heterocycles. The number of fused-ring (bicyclic) bond motifs is 1. The average molecular weight is 389 g/mol. The van der Waals surface area contributed by atoms with Gasteiger partial charge in [0.15, 0.2) is 5.82 Å². The minimum absolute atomic E-state index is 0.194. The normalized spacial score (nSPS) is 15.9. The Balaban J connectivity index is 1.89. The minimum Gasteiger partial charge on any atom is -0.338 e. The highest BCUT2D eigenvalue weighted by atomic mass is 15.5. The number of rotatable bonds is 4. The number of benzene rings is 2. The van der Waals surface area contributed by atoms with Crippen molar-refractivity contribution in [2.24, 2.45) is 0 Å². The van der Waals surface area contributed by atoms with Crippen LogP contribution in [0.4, 0.5) is 17.2 Å². The molecule has 0 bridgehead atoms. The van der Waals surface area contributed by atoms with Gasteiger partial charge >= 0.3 is 0 Å². The summed E-state index contributed by atoms with van der Waals surface area (Å²) in [5.41, 5.74) is 4.62. The molecule has 0 amide bonds. The second-order valence-electron chi connectivity index (χ2n) is 9.28. The summed E-state index contributed by atoms with van der Waals surface area (Å²) in [4.78, 5) is 4.92. The molecule has 1 aliphatic heterocycles. The molecule has 2 heterocycles. The Morgan fingerprint density at radius 2 is 1.52 bits per heavy atom. The zero-order valence-corrected chi connectivity index (χ0v) is 18.6. The minimum atomic E-state index is -0.286. The fraction of sp³-hybridized carbons (Fsp3) is 0.400. The molecule has 29 heavy (non-hydrogen) atoms. The van der Waals surface area contributed by atoms with E-state index < -0.39 is 0 Å². The molecule has 4 rings (SSSR count). The van der Waals surface area contributed by atoms with E-state index in [0.29, 0.717) is 6.04 Å². The standard InChI is InChI=1S/C25H32N4/c1-18(2)27-17-16-23(26-27)28-21-14-10-11-15-22(21)29(25(28,6)7)24(4,5)20-13-9-8-12-19(20)3/h8-18H,1-7H3. The molecule has 0 aliphatic carbocycles. The maximum atomic E-state index is 4.91. The SMILES string of the molecule is Cc1ccccc1C(C)(C)N1c2ccccc2N(c2ccn(C(C)C)n2)C1(C)C. The maximum Gasteiger partial charge on any atom is 0.157 e. The molecule has 0 radical (unpaired) electrons. The Labute approximate surface area is 174 Å². The van der Waals surface area contributed by atoms with Gasteiger partial charge in [-0.2, -0.15) is 5.10 Å². The quantitative estimate of drug-likeness (QED) is 0.517. The van der Waals surface area contributed by atoms with Gasteiger partial charge in [0.1, 0.15) is 5.66 Å². The van der Waals surface area contributed by atoms with Gasteiger partial charge in [-0.1, -0.05) is 36.4 Å². The van der Waals surface area contributed by atoms with Crippen LogP contribution in [0.1, 0.15) is 58.7 Å². The predicted octanol–water partition coefficient (Wildman–Crippen LogP) is 6.40. The molecule has 4 heteroatoms. The maximum absolute atomic E-state index is 4.91. The molecular formula is C25H32N4. The summed E-state index contributed by atoms with van der Waals surface area (Å²) in [5, 5.41) is 4.91. The van der Waals surface area contributed by atoms with Gasteiger partial charge in [-0.3, -0.25) is 9.58 Å². The smallest absolute Gasteiger partial charge is 0.157 e. The molecule has 0 N–H and O–H groups in total. The summed E-state index contributed by atoms with van der Waals surface area (Å²) < 4.78 is 2.03. The number of aromatic nitrogens is 2. The lowest BCUT2D eigenvalue weighted by Gasteiger charge is -2.49. The lowest BCUT2D eigenvalue weighted by molar-refractivity contribution is 0.362. The van der Waals surface area contributed by atoms with Crippen LogP contribution in [0.15, 0.2) is 60.8 Å². The Bertz CT molecular complexity index is 1030. The van der Waals surface area contributed by atoms with Crippen LogP contribution in [0.25, 0.3) is 0 Å². The summed E-state index contributed by atoms with van der Waals surface area (Å²) >= 11 is 0. The highest BCUT2D eigenvalue weighted by Crippen LogP contribution is 2.53. The highest BCUT2D eigenvalue weighted by Gasteiger charge is 2.50. The van der Waals surface area contributed by atoms with Crippen molar-refractivity contribution in [1.29, 1.82) is 0 Å². The van der Waals surface area contributed by atoms with Crippen LogP contribution >= 0.6 is 0 Å². The molecule has 0 spiro atoms. The van der Waals surface area contributed by atoms with Crippen molar-refractivity contribution >= 4 is 17.2 Å². The van der Waals surface area contributed by atoms with Crippen molar-refractivity contribution in [1.82, 2.24) is 9.78 Å². The van der Waals surface area contributed by atoms with Gasteiger partial charge in [-0.15, -0.1) is 0 Å². The third-order valence-electron chi connectivity index (χ3n) is 6.17. The van der Waals surface area contributed by atoms with Gasteiger partial charge in [0.2, 0.25) is 0 Å². The predicted molar refractivity (Wildman–Crippen MR) is 122 cm³/mol. The Kier molecular flexibility index (Phi) is 4.49. The lowest BCUT2D eigenvalue weighted by Crippen LogP contribution is -2.58. The lowest BCUT2D eigenvalue weighted by atomic mass is 9.86. The van der Waals surface area contributed by atoms with E-state index in [1.165, 1.54) is 22.5 Å². The molecule has 0 saturated carbocycles. The molecule has 2 aromatic carbocycles. The van der Waals surface area contributed by atoms with Crippen LogP contribution in [-0.4, -0.2) is 15.4 Å². The van der Waals surface area contributed by atoms with E-state index in [-0.39, 0.29) is 11.2 Å². The Hall–Kier alpha value is -2.75. The summed E-state index contributed by atoms with van der Waals surface area (Å²) in [6.07, 6.45) is 2.08. The van der Waals surface area contributed by atoms with Gasteiger partial charge in [-0.25, -0.2) is 0 Å². The third kappa shape index (κ3) is 2.93. The van der Waals surface area contributed by atoms with Crippen LogP contribution in [0.5, 0.6) is 0 Å². The van der Waals surface area contributed by atoms with Gasteiger partial charge in [0.25, 0.3) is 0 Å². The summed E-state index contributed by atoms with van der Waals surface area (Å²) in [7, 11) is 0. The van der Waals surface area contributed by atoms with Crippen LogP contribution < -0.4 is 9.80 Å². The van der Waals surface area contributed by atoms with E-state index in [1.54, 1.807) is 0 Å². The second kappa shape index (κ2) is 6.65. The van der Waals surface area contributed by atoms with Crippen LogP contribution in [0.2, 0.25) is 0 Å². The van der Waals surface area contributed by atoms with Gasteiger partial charge in [0.05, 0.1) is 16.9 Å². The van der Waals surface area contributed by atoms with Crippen molar-refractivity contribution in [3.8, 4) is 0 Å². The van der Waals surface area contributed by atoms with E-state index in [9.17, 15) is 0 Å². The zero-order valence-electron chi connectivity index (χ0n) is 18.6. The van der Waals surface area contributed by atoms with E-state index >= 15 is 0 Å². The molecule has 0 unspecified atom stereocenters. The van der Waals surface area contributed by atoms with Crippen LogP contribution in [-0.2, 0) is 5.54 Å². The summed E-state index contributed by atoms with van der Waals surface area (Å²) in [5.74, 6) is 0.985. The van der Waals surface area contributed by atoms with Crippen LogP contribution in [0, 0.1) is 6.92 Å². The molecular weight excluding hydrogens is 356 g/mol. The molecule has 0 fully saturated rings. The number of aryl methyl sites for hydroxylation is 1. The monoisotopic (exact) mass is 388 g/mol. The number of anilines is 3. The fourth-order valence-corrected chi connectivity index (χ4v) is 5.04. The van der Waals surface area contributed by atoms with E-state index in [4.69, 9.17) is 5.10 Å². The number of hydrogen-bond donors (Lipinski definition) is 0. The van der Waals surface area contributed by atoms with E-state index in [2.05, 4.69) is 119 Å². The molecule has 152 valence electrons. The molecule has 4 nitrogen and oxygen atoms in total. The zero-order chi connectivity index (χ0) is 21.0. The molecule has 3 aromatic rings. The highest BCUT2D eigenvalue weighted by molar-refractivity contribution is 5.85. The Morgan fingerprint density at radius 1 is 0.897 bits per heavy atom. The first kappa shape index (κ1) is 19.6. The van der Waals surface area contributed by atoms with Crippen molar-refractivity contribution < 1.29 is 0 Å². The summed E-state index contributed by atoms with van der Waals surface area (Å²) in [6.45, 7) is 15.8. The van der Waals surface area contributed by atoms with E-state index in [1.807, 2.05) is 4.68 Å². The third-order valence-corrected chi connectivity index (χ3v) is 6.17. The van der Waals surface area contributed by atoms with Crippen molar-refractivity contribution in [3.05, 3.63) is 71.9 Å². The average Bonchev–Trinajstić information content (AvgIpc) is 3.21. The number of nitrogens with zero attached hydrogens (tertiary/aromatic N) is 4. The first-order chi connectivity index (χ1) is 13.7. The van der Waals surface area contributed by atoms with Crippen molar-refractivity contribution in [2.45, 2.75) is 65.7 Å². The topological polar surface area (TPSA) is 24.3 Å². The number of para-hydroxylation sites is 2. The van der Waals surface area contributed by atoms with Crippen LogP contribution in [0.3, 0.4) is 0 Å². The van der Waals surface area contributed by atoms with Crippen molar-refractivity contribution in [3.63, 3.8) is 0 Å². The van der Waals surface area contributed by atoms with Crippen molar-refractivity contribution in [2.75, 3.05) is 9.80 Å². The molecule has 1 aliphatic rings.